The first kappa shape index (κ1) is 16.7. The van der Waals surface area contributed by atoms with Gasteiger partial charge in [-0.3, -0.25) is 15.2 Å². The van der Waals surface area contributed by atoms with Gasteiger partial charge in [0.05, 0.1) is 22.2 Å². The quantitative estimate of drug-likeness (QED) is 0.537. The number of fused-ring (bicyclic) bond motifs is 1. The van der Waals surface area contributed by atoms with Gasteiger partial charge in [0.1, 0.15) is 5.82 Å². The molecule has 0 saturated heterocycles. The Morgan fingerprint density at radius 2 is 2.28 bits per heavy atom. The van der Waals surface area contributed by atoms with Crippen LogP contribution in [0.2, 0.25) is 5.02 Å². The van der Waals surface area contributed by atoms with Crippen LogP contribution in [0.3, 0.4) is 0 Å². The molecule has 2 amide bonds. The maximum atomic E-state index is 12.6. The highest BCUT2D eigenvalue weighted by molar-refractivity contribution is 6.30. The van der Waals surface area contributed by atoms with Crippen LogP contribution in [0.1, 0.15) is 12.5 Å². The normalized spacial score (nSPS) is 10.6. The van der Waals surface area contributed by atoms with E-state index in [1.54, 1.807) is 31.2 Å². The first-order valence-corrected chi connectivity index (χ1v) is 7.88. The van der Waals surface area contributed by atoms with Gasteiger partial charge in [-0.15, -0.1) is 0 Å². The molecule has 0 atom stereocenters. The van der Waals surface area contributed by atoms with Gasteiger partial charge >= 0.3 is 6.03 Å². The summed E-state index contributed by atoms with van der Waals surface area (Å²) in [6.07, 6.45) is 2.40. The van der Waals surface area contributed by atoms with Gasteiger partial charge in [-0.25, -0.2) is 14.5 Å². The van der Waals surface area contributed by atoms with Crippen molar-refractivity contribution >= 4 is 40.6 Å². The molecule has 8 nitrogen and oxygen atoms in total. The lowest BCUT2D eigenvalue weighted by Gasteiger charge is -2.08. The van der Waals surface area contributed by atoms with Gasteiger partial charge in [-0.2, -0.15) is 0 Å². The van der Waals surface area contributed by atoms with Crippen LogP contribution in [-0.4, -0.2) is 33.6 Å². The topological polar surface area (TPSA) is 116 Å². The fraction of sp³-hybridized carbons (Fsp3) is 0.125. The Labute approximate surface area is 147 Å². The minimum Gasteiger partial charge on any atom is -0.338 e. The largest absolute Gasteiger partial charge is 0.338 e. The summed E-state index contributed by atoms with van der Waals surface area (Å²) in [5.74, 6) is 0.188. The summed E-state index contributed by atoms with van der Waals surface area (Å²) in [6.45, 7) is 2.24. The number of halogens is 1. The number of pyridine rings is 1. The predicted octanol–water partition coefficient (Wildman–Crippen LogP) is 2.51. The summed E-state index contributed by atoms with van der Waals surface area (Å²) in [5.41, 5.74) is 0.948. The molecule has 0 radical (unpaired) electrons. The van der Waals surface area contributed by atoms with Crippen molar-refractivity contribution in [1.82, 2.24) is 20.1 Å². The third-order valence-electron chi connectivity index (χ3n) is 3.55. The van der Waals surface area contributed by atoms with Crippen LogP contribution in [0.15, 0.2) is 35.3 Å². The molecule has 1 aromatic carbocycles. The zero-order chi connectivity index (χ0) is 18.0. The molecule has 0 saturated carbocycles. The molecule has 9 heteroatoms. The van der Waals surface area contributed by atoms with Crippen molar-refractivity contribution in [2.24, 2.45) is 0 Å². The van der Waals surface area contributed by atoms with Crippen LogP contribution in [0, 0.1) is 5.41 Å². The number of H-pyrrole nitrogens is 1. The molecule has 25 heavy (non-hydrogen) atoms. The second-order valence-electron chi connectivity index (χ2n) is 5.17. The maximum absolute atomic E-state index is 12.6. The van der Waals surface area contributed by atoms with Gasteiger partial charge in [-0.05, 0) is 25.1 Å². The second-order valence-corrected chi connectivity index (χ2v) is 5.61. The number of nitrogens with zero attached hydrogens (tertiary/aromatic N) is 2. The average Bonchev–Trinajstić information content (AvgIpc) is 2.92. The first-order chi connectivity index (χ1) is 12.0. The van der Waals surface area contributed by atoms with Gasteiger partial charge in [0, 0.05) is 24.0 Å². The fourth-order valence-corrected chi connectivity index (χ4v) is 2.63. The smallest absolute Gasteiger partial charge is 0.320 e. The Kier molecular flexibility index (Phi) is 4.53. The fourth-order valence-electron chi connectivity index (χ4n) is 2.44. The number of rotatable bonds is 4. The molecule has 2 aromatic heterocycles. The molecule has 3 aromatic rings. The van der Waals surface area contributed by atoms with E-state index in [4.69, 9.17) is 17.0 Å². The van der Waals surface area contributed by atoms with Crippen LogP contribution in [-0.2, 0) is 0 Å². The van der Waals surface area contributed by atoms with E-state index in [2.05, 4.69) is 20.7 Å². The summed E-state index contributed by atoms with van der Waals surface area (Å²) < 4.78 is 1.32. The molecule has 0 spiro atoms. The number of benzene rings is 1. The zero-order valence-electron chi connectivity index (χ0n) is 13.3. The molecule has 0 fully saturated rings. The number of aromatic amines is 1. The molecule has 0 aliphatic carbocycles. The maximum Gasteiger partial charge on any atom is 0.320 e. The number of carbonyl (C=O) groups excluding carboxylic acids is 1. The lowest BCUT2D eigenvalue weighted by molar-refractivity contribution is 0.252. The number of hydrogen-bond donors (Lipinski definition) is 4. The van der Waals surface area contributed by atoms with Crippen LogP contribution < -0.4 is 16.2 Å². The minimum atomic E-state index is -0.436. The Bertz CT molecular complexity index is 1020. The highest BCUT2D eigenvalue weighted by Crippen LogP contribution is 2.21. The van der Waals surface area contributed by atoms with Crippen molar-refractivity contribution in [3.8, 4) is 5.69 Å². The molecule has 0 aliphatic heterocycles. The molecule has 2 heterocycles. The molecule has 4 N–H and O–H groups in total. The van der Waals surface area contributed by atoms with E-state index in [0.29, 0.717) is 33.7 Å². The second kappa shape index (κ2) is 6.78. The highest BCUT2D eigenvalue weighted by Gasteiger charge is 2.16. The summed E-state index contributed by atoms with van der Waals surface area (Å²) in [5, 5.41) is 16.5. The molecular formula is C16H15ClN6O2. The summed E-state index contributed by atoms with van der Waals surface area (Å²) in [4.78, 5) is 28.4. The van der Waals surface area contributed by atoms with Crippen LogP contribution >= 0.6 is 11.6 Å². The van der Waals surface area contributed by atoms with E-state index in [9.17, 15) is 9.59 Å². The van der Waals surface area contributed by atoms with Gasteiger partial charge in [0.2, 0.25) is 0 Å². The van der Waals surface area contributed by atoms with E-state index in [-0.39, 0.29) is 11.4 Å². The molecular weight excluding hydrogens is 344 g/mol. The molecule has 0 aliphatic rings. The third kappa shape index (κ3) is 3.11. The van der Waals surface area contributed by atoms with Gasteiger partial charge < -0.3 is 10.7 Å². The van der Waals surface area contributed by atoms with E-state index in [0.717, 1.165) is 6.21 Å². The standard InChI is InChI=1S/C16H15ClN6O2/c1-2-19-16(25)21-14-11(7-18)13-12(8-20-14)15(24)23(22-13)10-5-3-4-9(17)6-10/h3-8,18,22H,2H2,1H3,(H2,19,20,21,25). The van der Waals surface area contributed by atoms with Crippen LogP contribution in [0.5, 0.6) is 0 Å². The van der Waals surface area contributed by atoms with Gasteiger partial charge in [-0.1, -0.05) is 17.7 Å². The first-order valence-electron chi connectivity index (χ1n) is 7.50. The zero-order valence-corrected chi connectivity index (χ0v) is 14.0. The highest BCUT2D eigenvalue weighted by atomic mass is 35.5. The Hall–Kier alpha value is -3.13. The summed E-state index contributed by atoms with van der Waals surface area (Å²) in [7, 11) is 0. The summed E-state index contributed by atoms with van der Waals surface area (Å²) in [6, 6.07) is 6.37. The Morgan fingerprint density at radius 1 is 1.48 bits per heavy atom. The van der Waals surface area contributed by atoms with E-state index in [1.165, 1.54) is 10.9 Å². The number of aromatic nitrogens is 3. The monoisotopic (exact) mass is 358 g/mol. The van der Waals surface area contributed by atoms with Crippen molar-refractivity contribution in [1.29, 1.82) is 5.41 Å². The minimum absolute atomic E-state index is 0.188. The van der Waals surface area contributed by atoms with Crippen molar-refractivity contribution < 1.29 is 4.79 Å². The van der Waals surface area contributed by atoms with Crippen molar-refractivity contribution in [2.75, 3.05) is 11.9 Å². The molecule has 0 unspecified atom stereocenters. The van der Waals surface area contributed by atoms with Gasteiger partial charge in [0.15, 0.2) is 0 Å². The van der Waals surface area contributed by atoms with Crippen LogP contribution in [0.25, 0.3) is 16.6 Å². The Balaban J connectivity index is 2.16. The number of nitrogens with one attached hydrogen (secondary N) is 4. The number of urea groups is 1. The van der Waals surface area contributed by atoms with E-state index in [1.807, 2.05) is 0 Å². The third-order valence-corrected chi connectivity index (χ3v) is 3.79. The molecule has 128 valence electrons. The number of hydrogen-bond acceptors (Lipinski definition) is 4. The van der Waals surface area contributed by atoms with Crippen LogP contribution in [0.4, 0.5) is 10.6 Å². The SMILES string of the molecule is CCNC(=O)Nc1ncc2c(=O)n(-c3cccc(Cl)c3)[nH]c2c1C=N. The summed E-state index contributed by atoms with van der Waals surface area (Å²) >= 11 is 5.98. The number of anilines is 1. The van der Waals surface area contributed by atoms with Crippen molar-refractivity contribution in [3.63, 3.8) is 0 Å². The average molecular weight is 359 g/mol. The van der Waals surface area contributed by atoms with Crippen molar-refractivity contribution in [3.05, 3.63) is 51.4 Å². The van der Waals surface area contributed by atoms with Crippen molar-refractivity contribution in [2.45, 2.75) is 6.92 Å². The van der Waals surface area contributed by atoms with E-state index < -0.39 is 6.03 Å². The van der Waals surface area contributed by atoms with E-state index >= 15 is 0 Å². The lowest BCUT2D eigenvalue weighted by atomic mass is 10.2. The number of carbonyl (C=O) groups is 1. The molecule has 0 bridgehead atoms. The number of amides is 2. The lowest BCUT2D eigenvalue weighted by Crippen LogP contribution is -2.29. The molecule has 3 rings (SSSR count). The predicted molar refractivity (Wildman–Crippen MR) is 97.3 cm³/mol. The van der Waals surface area contributed by atoms with Gasteiger partial charge in [0.25, 0.3) is 5.56 Å². The Morgan fingerprint density at radius 3 is 2.96 bits per heavy atom.